The summed E-state index contributed by atoms with van der Waals surface area (Å²) in [6.07, 6.45) is 2.32. The zero-order valence-corrected chi connectivity index (χ0v) is 17.3. The Morgan fingerprint density at radius 2 is 2.04 bits per heavy atom. The lowest BCUT2D eigenvalue weighted by Crippen LogP contribution is -2.46. The molecule has 0 amide bonds. The van der Waals surface area contributed by atoms with Crippen LogP contribution in [0.2, 0.25) is 0 Å². The van der Waals surface area contributed by atoms with Gasteiger partial charge in [-0.3, -0.25) is 9.89 Å². The Labute approximate surface area is 162 Å². The number of nitrogens with zero attached hydrogens (tertiary/aromatic N) is 2. The maximum absolute atomic E-state index is 5.88. The second-order valence-electron chi connectivity index (χ2n) is 5.85. The van der Waals surface area contributed by atoms with Gasteiger partial charge in [0.1, 0.15) is 11.5 Å². The number of hydrogen-bond acceptors (Lipinski definition) is 4. The molecule has 1 aromatic rings. The Hall–Kier alpha value is -0.800. The van der Waals surface area contributed by atoms with Gasteiger partial charge in [-0.05, 0) is 25.5 Å². The van der Waals surface area contributed by atoms with E-state index < -0.39 is 0 Å². The molecule has 2 rings (SSSR count). The van der Waals surface area contributed by atoms with E-state index in [-0.39, 0.29) is 30.0 Å². The summed E-state index contributed by atoms with van der Waals surface area (Å²) in [5.74, 6) is 2.80. The Morgan fingerprint density at radius 1 is 1.29 bits per heavy atom. The van der Waals surface area contributed by atoms with E-state index in [1.54, 1.807) is 0 Å². The monoisotopic (exact) mass is 450 g/mol. The summed E-state index contributed by atoms with van der Waals surface area (Å²) in [5.41, 5.74) is 0. The van der Waals surface area contributed by atoms with Gasteiger partial charge in [0, 0.05) is 33.2 Å². The average molecular weight is 450 g/mol. The molecule has 24 heavy (non-hydrogen) atoms. The predicted molar refractivity (Wildman–Crippen MR) is 108 cm³/mol. The first-order chi connectivity index (χ1) is 11.2. The van der Waals surface area contributed by atoms with Crippen LogP contribution in [0.5, 0.6) is 0 Å². The third-order valence-corrected chi connectivity index (χ3v) is 4.09. The van der Waals surface area contributed by atoms with E-state index in [1.165, 1.54) is 6.42 Å². The number of ether oxygens (including phenoxy) is 1. The van der Waals surface area contributed by atoms with Crippen molar-refractivity contribution in [2.75, 3.05) is 46.4 Å². The van der Waals surface area contributed by atoms with Crippen molar-refractivity contribution in [2.24, 2.45) is 4.99 Å². The third kappa shape index (κ3) is 6.60. The molecule has 1 atom stereocenters. The van der Waals surface area contributed by atoms with E-state index >= 15 is 0 Å². The number of halogens is 1. The Morgan fingerprint density at radius 3 is 2.62 bits per heavy atom. The first-order valence-electron chi connectivity index (χ1n) is 8.57. The van der Waals surface area contributed by atoms with Crippen molar-refractivity contribution < 1.29 is 9.15 Å². The first kappa shape index (κ1) is 21.2. The molecule has 1 saturated heterocycles. The van der Waals surface area contributed by atoms with E-state index in [2.05, 4.69) is 33.5 Å². The smallest absolute Gasteiger partial charge is 0.191 e. The van der Waals surface area contributed by atoms with Crippen molar-refractivity contribution in [2.45, 2.75) is 32.7 Å². The van der Waals surface area contributed by atoms with Crippen molar-refractivity contribution in [3.8, 4) is 0 Å². The molecular formula is C17H31IN4O2. The molecule has 0 radical (unpaired) electrons. The molecule has 138 valence electrons. The lowest BCUT2D eigenvalue weighted by molar-refractivity contribution is 0.0124. The zero-order chi connectivity index (χ0) is 16.5. The van der Waals surface area contributed by atoms with Gasteiger partial charge in [-0.15, -0.1) is 24.0 Å². The number of hydrogen-bond donors (Lipinski definition) is 2. The molecule has 0 aliphatic carbocycles. The molecular weight excluding hydrogens is 419 g/mol. The maximum atomic E-state index is 5.88. The van der Waals surface area contributed by atoms with Gasteiger partial charge in [-0.1, -0.05) is 13.3 Å². The second-order valence-corrected chi connectivity index (χ2v) is 5.85. The molecule has 1 aliphatic heterocycles. The Bertz CT molecular complexity index is 487. The van der Waals surface area contributed by atoms with Crippen LogP contribution in [0, 0.1) is 6.92 Å². The minimum Gasteiger partial charge on any atom is -0.465 e. The largest absolute Gasteiger partial charge is 0.465 e. The van der Waals surface area contributed by atoms with Crippen molar-refractivity contribution in [1.82, 2.24) is 15.5 Å². The van der Waals surface area contributed by atoms with Crippen LogP contribution in [0.4, 0.5) is 0 Å². The number of nitrogens with one attached hydrogen (secondary N) is 2. The standard InChI is InChI=1S/C17H30N4O2.HI/c1-4-5-8-19-17(18-3)20-13-15(16-7-6-14(2)23-16)21-9-11-22-12-10-21;/h6-7,15H,4-5,8-13H2,1-3H3,(H2,18,19,20);1H. The van der Waals surface area contributed by atoms with Gasteiger partial charge in [0.25, 0.3) is 0 Å². The molecule has 1 aliphatic rings. The highest BCUT2D eigenvalue weighted by atomic mass is 127. The maximum Gasteiger partial charge on any atom is 0.191 e. The van der Waals surface area contributed by atoms with Crippen LogP contribution in [-0.2, 0) is 4.74 Å². The molecule has 1 aromatic heterocycles. The molecule has 0 aromatic carbocycles. The lowest BCUT2D eigenvalue weighted by atomic mass is 10.1. The quantitative estimate of drug-likeness (QED) is 0.290. The number of unbranched alkanes of at least 4 members (excludes halogenated alkanes) is 1. The van der Waals surface area contributed by atoms with Crippen LogP contribution in [0.1, 0.15) is 37.3 Å². The summed E-state index contributed by atoms with van der Waals surface area (Å²) in [5, 5.41) is 6.78. The number of aryl methyl sites for hydroxylation is 1. The van der Waals surface area contributed by atoms with Crippen LogP contribution >= 0.6 is 24.0 Å². The van der Waals surface area contributed by atoms with Gasteiger partial charge >= 0.3 is 0 Å². The van der Waals surface area contributed by atoms with Gasteiger partial charge in [-0.25, -0.2) is 0 Å². The minimum atomic E-state index is 0. The highest BCUT2D eigenvalue weighted by Crippen LogP contribution is 2.23. The summed E-state index contributed by atoms with van der Waals surface area (Å²) >= 11 is 0. The first-order valence-corrected chi connectivity index (χ1v) is 8.57. The molecule has 2 N–H and O–H groups in total. The van der Waals surface area contributed by atoms with Gasteiger partial charge in [-0.2, -0.15) is 0 Å². The normalized spacial score (nSPS) is 17.2. The summed E-state index contributed by atoms with van der Waals surface area (Å²) in [6, 6.07) is 4.29. The van der Waals surface area contributed by atoms with Crippen LogP contribution in [0.15, 0.2) is 21.5 Å². The fourth-order valence-electron chi connectivity index (χ4n) is 2.73. The zero-order valence-electron chi connectivity index (χ0n) is 15.0. The molecule has 7 heteroatoms. The minimum absolute atomic E-state index is 0. The average Bonchev–Trinajstić information content (AvgIpc) is 3.00. The van der Waals surface area contributed by atoms with Gasteiger partial charge in [0.05, 0.1) is 19.3 Å². The molecule has 0 saturated carbocycles. The van der Waals surface area contributed by atoms with Gasteiger partial charge in [0.15, 0.2) is 5.96 Å². The highest BCUT2D eigenvalue weighted by molar-refractivity contribution is 14.0. The highest BCUT2D eigenvalue weighted by Gasteiger charge is 2.25. The molecule has 6 nitrogen and oxygen atoms in total. The summed E-state index contributed by atoms with van der Waals surface area (Å²) in [6.45, 7) is 9.28. The summed E-state index contributed by atoms with van der Waals surface area (Å²) < 4.78 is 11.4. The second kappa shape index (κ2) is 11.7. The lowest BCUT2D eigenvalue weighted by Gasteiger charge is -2.33. The number of furan rings is 1. The summed E-state index contributed by atoms with van der Waals surface area (Å²) in [4.78, 5) is 6.71. The van der Waals surface area contributed by atoms with E-state index in [1.807, 2.05) is 20.0 Å². The molecule has 1 unspecified atom stereocenters. The number of rotatable bonds is 7. The topological polar surface area (TPSA) is 62.0 Å². The van der Waals surface area contributed by atoms with Gasteiger partial charge < -0.3 is 19.8 Å². The van der Waals surface area contributed by atoms with Crippen molar-refractivity contribution in [3.63, 3.8) is 0 Å². The van der Waals surface area contributed by atoms with E-state index in [0.717, 1.165) is 63.3 Å². The van der Waals surface area contributed by atoms with Gasteiger partial charge in [0.2, 0.25) is 0 Å². The van der Waals surface area contributed by atoms with E-state index in [4.69, 9.17) is 9.15 Å². The van der Waals surface area contributed by atoms with E-state index in [9.17, 15) is 0 Å². The number of morpholine rings is 1. The predicted octanol–water partition coefficient (Wildman–Crippen LogP) is 2.54. The van der Waals surface area contributed by atoms with Crippen molar-refractivity contribution in [1.29, 1.82) is 0 Å². The molecule has 0 bridgehead atoms. The van der Waals surface area contributed by atoms with Crippen LogP contribution in [0.3, 0.4) is 0 Å². The SMILES string of the molecule is CCCCNC(=NC)NCC(c1ccc(C)o1)N1CCOCC1.I. The Kier molecular flexibility index (Phi) is 10.4. The van der Waals surface area contributed by atoms with Crippen LogP contribution in [-0.4, -0.2) is 57.3 Å². The molecule has 2 heterocycles. The molecule has 0 spiro atoms. The number of guanidine groups is 1. The molecule has 1 fully saturated rings. The fourth-order valence-corrected chi connectivity index (χ4v) is 2.73. The van der Waals surface area contributed by atoms with Crippen LogP contribution < -0.4 is 10.6 Å². The fraction of sp³-hybridized carbons (Fsp3) is 0.706. The summed E-state index contributed by atoms with van der Waals surface area (Å²) in [7, 11) is 1.81. The Balaban J connectivity index is 0.00000288. The third-order valence-electron chi connectivity index (χ3n) is 4.09. The number of aliphatic imine (C=N–C) groups is 1. The van der Waals surface area contributed by atoms with E-state index in [0.29, 0.717) is 0 Å². The van der Waals surface area contributed by atoms with Crippen molar-refractivity contribution >= 4 is 29.9 Å². The van der Waals surface area contributed by atoms with Crippen LogP contribution in [0.25, 0.3) is 0 Å². The van der Waals surface area contributed by atoms with Crippen molar-refractivity contribution in [3.05, 3.63) is 23.7 Å².